The zero-order chi connectivity index (χ0) is 15.4. The van der Waals surface area contributed by atoms with Gasteiger partial charge >= 0.3 is 0 Å². The molecular formula is C15H17FN2O3. The van der Waals surface area contributed by atoms with Crippen LogP contribution in [0.25, 0.3) is 0 Å². The number of likely N-dealkylation sites (tertiary alicyclic amines) is 1. The highest BCUT2D eigenvalue weighted by atomic mass is 19.1. The second-order valence-corrected chi connectivity index (χ2v) is 5.03. The maximum absolute atomic E-state index is 13.5. The molecule has 0 spiro atoms. The molecule has 1 saturated heterocycles. The fourth-order valence-electron chi connectivity index (χ4n) is 2.22. The minimum Gasteiger partial charge on any atom is -0.352 e. The number of hydrogen-bond acceptors (Lipinski definition) is 3. The van der Waals surface area contributed by atoms with Crippen molar-refractivity contribution in [2.75, 3.05) is 13.1 Å². The standard InChI is InChI=1S/C15H17FN2O3/c1-10-3-4-12(16)11(9-10)15(21)17-7-2-8-18-13(19)5-6-14(18)20/h3-4,9H,2,5-8H2,1H3,(H,17,21). The number of halogens is 1. The highest BCUT2D eigenvalue weighted by Gasteiger charge is 2.27. The molecule has 1 fully saturated rings. The van der Waals surface area contributed by atoms with E-state index in [9.17, 15) is 18.8 Å². The first-order chi connectivity index (χ1) is 9.99. The lowest BCUT2D eigenvalue weighted by Crippen LogP contribution is -2.33. The Morgan fingerprint density at radius 2 is 1.95 bits per heavy atom. The van der Waals surface area contributed by atoms with Crippen molar-refractivity contribution < 1.29 is 18.8 Å². The van der Waals surface area contributed by atoms with Gasteiger partial charge < -0.3 is 5.32 Å². The Morgan fingerprint density at radius 1 is 1.29 bits per heavy atom. The molecule has 1 aliphatic rings. The molecule has 3 amide bonds. The lowest BCUT2D eigenvalue weighted by Gasteiger charge is -2.13. The molecule has 5 nitrogen and oxygen atoms in total. The van der Waals surface area contributed by atoms with Gasteiger partial charge in [-0.05, 0) is 25.5 Å². The molecule has 1 aromatic carbocycles. The summed E-state index contributed by atoms with van der Waals surface area (Å²) in [4.78, 5) is 35.8. The van der Waals surface area contributed by atoms with Crippen LogP contribution in [0.5, 0.6) is 0 Å². The number of rotatable bonds is 5. The molecule has 0 unspecified atom stereocenters. The van der Waals surface area contributed by atoms with Crippen molar-refractivity contribution in [2.45, 2.75) is 26.2 Å². The molecule has 112 valence electrons. The summed E-state index contributed by atoms with van der Waals surface area (Å²) in [6, 6.07) is 4.33. The maximum atomic E-state index is 13.5. The van der Waals surface area contributed by atoms with E-state index in [0.717, 1.165) is 5.56 Å². The third-order valence-electron chi connectivity index (χ3n) is 3.37. The number of nitrogens with one attached hydrogen (secondary N) is 1. The van der Waals surface area contributed by atoms with Crippen molar-refractivity contribution in [1.82, 2.24) is 10.2 Å². The Labute approximate surface area is 122 Å². The number of carbonyl (C=O) groups is 3. The highest BCUT2D eigenvalue weighted by Crippen LogP contribution is 2.12. The van der Waals surface area contributed by atoms with Gasteiger partial charge in [0.2, 0.25) is 11.8 Å². The number of nitrogens with zero attached hydrogens (tertiary/aromatic N) is 1. The van der Waals surface area contributed by atoms with E-state index >= 15 is 0 Å². The van der Waals surface area contributed by atoms with E-state index < -0.39 is 11.7 Å². The van der Waals surface area contributed by atoms with E-state index in [1.165, 1.54) is 17.0 Å². The molecule has 0 aromatic heterocycles. The molecule has 1 heterocycles. The smallest absolute Gasteiger partial charge is 0.254 e. The molecule has 21 heavy (non-hydrogen) atoms. The number of amides is 3. The number of imide groups is 1. The van der Waals surface area contributed by atoms with Crippen molar-refractivity contribution in [1.29, 1.82) is 0 Å². The van der Waals surface area contributed by atoms with Crippen LogP contribution in [0.4, 0.5) is 4.39 Å². The van der Waals surface area contributed by atoms with E-state index in [2.05, 4.69) is 5.32 Å². The molecular weight excluding hydrogens is 275 g/mol. The second kappa shape index (κ2) is 6.47. The van der Waals surface area contributed by atoms with E-state index in [1.54, 1.807) is 13.0 Å². The van der Waals surface area contributed by atoms with Gasteiger partial charge in [0.15, 0.2) is 0 Å². The average Bonchev–Trinajstić information content (AvgIpc) is 2.77. The Kier molecular flexibility index (Phi) is 4.67. The second-order valence-electron chi connectivity index (χ2n) is 5.03. The van der Waals surface area contributed by atoms with Gasteiger partial charge in [0, 0.05) is 25.9 Å². The normalized spacial score (nSPS) is 14.7. The van der Waals surface area contributed by atoms with Crippen LogP contribution >= 0.6 is 0 Å². The van der Waals surface area contributed by atoms with E-state index in [4.69, 9.17) is 0 Å². The highest BCUT2D eigenvalue weighted by molar-refractivity contribution is 6.01. The SMILES string of the molecule is Cc1ccc(F)c(C(=O)NCCCN2C(=O)CCC2=O)c1. The molecule has 6 heteroatoms. The molecule has 0 bridgehead atoms. The Balaban J connectivity index is 1.81. The fraction of sp³-hybridized carbons (Fsp3) is 0.400. The minimum atomic E-state index is -0.567. The van der Waals surface area contributed by atoms with Gasteiger partial charge in [0.25, 0.3) is 5.91 Å². The van der Waals surface area contributed by atoms with Crippen LogP contribution in [-0.2, 0) is 9.59 Å². The molecule has 1 aliphatic heterocycles. The fourth-order valence-corrected chi connectivity index (χ4v) is 2.22. The summed E-state index contributed by atoms with van der Waals surface area (Å²) in [5.74, 6) is -1.40. The third-order valence-corrected chi connectivity index (χ3v) is 3.37. The van der Waals surface area contributed by atoms with Gasteiger partial charge in [-0.2, -0.15) is 0 Å². The van der Waals surface area contributed by atoms with Gasteiger partial charge in [-0.3, -0.25) is 19.3 Å². The van der Waals surface area contributed by atoms with Gasteiger partial charge in [0.05, 0.1) is 5.56 Å². The van der Waals surface area contributed by atoms with Crippen LogP contribution in [-0.4, -0.2) is 35.7 Å². The predicted molar refractivity (Wildman–Crippen MR) is 74.0 cm³/mol. The van der Waals surface area contributed by atoms with Crippen LogP contribution in [0.2, 0.25) is 0 Å². The summed E-state index contributed by atoms with van der Waals surface area (Å²) in [5, 5.41) is 2.59. The lowest BCUT2D eigenvalue weighted by atomic mass is 10.1. The summed E-state index contributed by atoms with van der Waals surface area (Å²) in [7, 11) is 0. The van der Waals surface area contributed by atoms with Crippen LogP contribution in [0, 0.1) is 12.7 Å². The van der Waals surface area contributed by atoms with E-state index in [0.29, 0.717) is 6.42 Å². The van der Waals surface area contributed by atoms with E-state index in [1.807, 2.05) is 0 Å². The van der Waals surface area contributed by atoms with Gasteiger partial charge in [-0.15, -0.1) is 0 Å². The van der Waals surface area contributed by atoms with Crippen molar-refractivity contribution in [3.63, 3.8) is 0 Å². The largest absolute Gasteiger partial charge is 0.352 e. The molecule has 0 radical (unpaired) electrons. The van der Waals surface area contributed by atoms with E-state index in [-0.39, 0.29) is 43.3 Å². The first-order valence-corrected chi connectivity index (χ1v) is 6.86. The Bertz CT molecular complexity index is 570. The Hall–Kier alpha value is -2.24. The quantitative estimate of drug-likeness (QED) is 0.659. The topological polar surface area (TPSA) is 66.5 Å². The molecule has 0 atom stereocenters. The van der Waals surface area contributed by atoms with Gasteiger partial charge in [0.1, 0.15) is 5.82 Å². The summed E-state index contributed by atoms with van der Waals surface area (Å²) in [6.07, 6.45) is 0.982. The number of aryl methyl sites for hydroxylation is 1. The first kappa shape index (κ1) is 15.2. The lowest BCUT2D eigenvalue weighted by molar-refractivity contribution is -0.138. The molecule has 1 N–H and O–H groups in total. The average molecular weight is 292 g/mol. The summed E-state index contributed by atoms with van der Waals surface area (Å²) < 4.78 is 13.5. The van der Waals surface area contributed by atoms with Crippen molar-refractivity contribution in [3.05, 3.63) is 35.1 Å². The van der Waals surface area contributed by atoms with Crippen molar-refractivity contribution >= 4 is 17.7 Å². The monoisotopic (exact) mass is 292 g/mol. The first-order valence-electron chi connectivity index (χ1n) is 6.86. The zero-order valence-corrected chi connectivity index (χ0v) is 11.8. The molecule has 2 rings (SSSR count). The van der Waals surface area contributed by atoms with Gasteiger partial charge in [-0.25, -0.2) is 4.39 Å². The Morgan fingerprint density at radius 3 is 2.62 bits per heavy atom. The third kappa shape index (κ3) is 3.65. The molecule has 0 aliphatic carbocycles. The summed E-state index contributed by atoms with van der Waals surface area (Å²) >= 11 is 0. The molecule has 0 saturated carbocycles. The minimum absolute atomic E-state index is 0.00308. The number of hydrogen-bond donors (Lipinski definition) is 1. The zero-order valence-electron chi connectivity index (χ0n) is 11.8. The van der Waals surface area contributed by atoms with Gasteiger partial charge in [-0.1, -0.05) is 11.6 Å². The predicted octanol–water partition coefficient (Wildman–Crippen LogP) is 1.40. The number of carbonyl (C=O) groups excluding carboxylic acids is 3. The van der Waals surface area contributed by atoms with Crippen LogP contribution in [0.15, 0.2) is 18.2 Å². The van der Waals surface area contributed by atoms with Crippen LogP contribution < -0.4 is 5.32 Å². The van der Waals surface area contributed by atoms with Crippen LogP contribution in [0.1, 0.15) is 35.2 Å². The summed E-state index contributed by atoms with van der Waals surface area (Å²) in [5.41, 5.74) is 0.804. The molecule has 1 aromatic rings. The van der Waals surface area contributed by atoms with Crippen molar-refractivity contribution in [3.8, 4) is 0 Å². The van der Waals surface area contributed by atoms with Crippen molar-refractivity contribution in [2.24, 2.45) is 0 Å². The summed E-state index contributed by atoms with van der Waals surface area (Å²) in [6.45, 7) is 2.35. The number of benzene rings is 1. The maximum Gasteiger partial charge on any atom is 0.254 e. The van der Waals surface area contributed by atoms with Crippen LogP contribution in [0.3, 0.4) is 0 Å².